The molecule has 3 unspecified atom stereocenters. The number of rotatable bonds is 3. The van der Waals surface area contributed by atoms with Crippen LogP contribution in [0.15, 0.2) is 18.7 Å². The van der Waals surface area contributed by atoms with Crippen molar-refractivity contribution in [1.82, 2.24) is 20.2 Å². The molecule has 0 amide bonds. The molecular weight excluding hydrogens is 224 g/mol. The van der Waals surface area contributed by atoms with Gasteiger partial charge < -0.3 is 10.2 Å². The Balaban J connectivity index is 1.78. The first-order valence-corrected chi connectivity index (χ1v) is 6.93. The Morgan fingerprint density at radius 1 is 1.22 bits per heavy atom. The van der Waals surface area contributed by atoms with Crippen LogP contribution < -0.4 is 5.32 Å². The van der Waals surface area contributed by atoms with Gasteiger partial charge in [-0.2, -0.15) is 0 Å². The van der Waals surface area contributed by atoms with E-state index in [0.717, 1.165) is 18.0 Å². The minimum absolute atomic E-state index is 0.406. The predicted octanol–water partition coefficient (Wildman–Crippen LogP) is 1.61. The Morgan fingerprint density at radius 2 is 1.83 bits per heavy atom. The molecular formula is C14H22N4. The minimum atomic E-state index is 0.406. The molecule has 4 heteroatoms. The van der Waals surface area contributed by atoms with Crippen LogP contribution in [-0.4, -0.2) is 41.0 Å². The lowest BCUT2D eigenvalue weighted by Gasteiger charge is -2.39. The van der Waals surface area contributed by atoms with Crippen LogP contribution in [0.3, 0.4) is 0 Å². The smallest absolute Gasteiger partial charge is 0.115 e. The van der Waals surface area contributed by atoms with Gasteiger partial charge in [0.15, 0.2) is 0 Å². The second-order valence-corrected chi connectivity index (χ2v) is 5.72. The molecule has 2 aliphatic heterocycles. The van der Waals surface area contributed by atoms with Crippen molar-refractivity contribution < 1.29 is 0 Å². The number of fused-ring (bicyclic) bond motifs is 2. The van der Waals surface area contributed by atoms with Gasteiger partial charge in [0.25, 0.3) is 0 Å². The molecule has 4 nitrogen and oxygen atoms in total. The number of hydrogen-bond acceptors (Lipinski definition) is 4. The topological polar surface area (TPSA) is 41.1 Å². The second kappa shape index (κ2) is 4.94. The molecule has 98 valence electrons. The fourth-order valence-corrected chi connectivity index (χ4v) is 3.87. The number of aromatic nitrogens is 2. The summed E-state index contributed by atoms with van der Waals surface area (Å²) in [7, 11) is 4.34. The minimum Gasteiger partial charge on any atom is -0.313 e. The molecule has 1 aromatic rings. The number of piperidine rings is 1. The van der Waals surface area contributed by atoms with E-state index in [-0.39, 0.29) is 0 Å². The molecule has 2 fully saturated rings. The van der Waals surface area contributed by atoms with Crippen molar-refractivity contribution in [1.29, 1.82) is 0 Å². The van der Waals surface area contributed by atoms with Gasteiger partial charge in [0.05, 0.1) is 0 Å². The van der Waals surface area contributed by atoms with Gasteiger partial charge in [0.2, 0.25) is 0 Å². The van der Waals surface area contributed by atoms with Gasteiger partial charge in [-0.3, -0.25) is 0 Å². The molecule has 1 aromatic heterocycles. The summed E-state index contributed by atoms with van der Waals surface area (Å²) in [5.41, 5.74) is 1.23. The van der Waals surface area contributed by atoms with Gasteiger partial charge in [-0.15, -0.1) is 0 Å². The largest absolute Gasteiger partial charge is 0.313 e. The summed E-state index contributed by atoms with van der Waals surface area (Å²) in [6, 6.07) is 1.98. The van der Waals surface area contributed by atoms with Gasteiger partial charge >= 0.3 is 0 Å². The lowest BCUT2D eigenvalue weighted by atomic mass is 9.83. The summed E-state index contributed by atoms with van der Waals surface area (Å²) >= 11 is 0. The third-order valence-electron chi connectivity index (χ3n) is 4.86. The van der Waals surface area contributed by atoms with E-state index in [0.29, 0.717) is 6.04 Å². The van der Waals surface area contributed by atoms with Crippen molar-refractivity contribution in [3.05, 3.63) is 24.3 Å². The normalized spacial score (nSPS) is 33.6. The van der Waals surface area contributed by atoms with Gasteiger partial charge in [-0.25, -0.2) is 9.97 Å². The molecule has 3 atom stereocenters. The maximum Gasteiger partial charge on any atom is 0.115 e. The fraction of sp³-hybridized carbons (Fsp3) is 0.714. The molecule has 0 aliphatic carbocycles. The maximum absolute atomic E-state index is 4.16. The zero-order valence-electron chi connectivity index (χ0n) is 11.2. The molecule has 2 saturated heterocycles. The molecule has 3 rings (SSSR count). The average Bonchev–Trinajstić information content (AvgIpc) is 2.64. The van der Waals surface area contributed by atoms with E-state index >= 15 is 0 Å². The number of nitrogens with zero attached hydrogens (tertiary/aromatic N) is 3. The zero-order chi connectivity index (χ0) is 12.5. The zero-order valence-corrected chi connectivity index (χ0v) is 11.2. The molecule has 0 radical (unpaired) electrons. The maximum atomic E-state index is 4.16. The highest BCUT2D eigenvalue weighted by atomic mass is 15.2. The number of hydrogen-bond donors (Lipinski definition) is 1. The second-order valence-electron chi connectivity index (χ2n) is 5.72. The van der Waals surface area contributed by atoms with Crippen LogP contribution in [0.4, 0.5) is 0 Å². The summed E-state index contributed by atoms with van der Waals surface area (Å²) in [5, 5.41) is 3.47. The van der Waals surface area contributed by atoms with E-state index in [1.54, 1.807) is 6.33 Å². The Hall–Kier alpha value is -1.00. The molecule has 0 spiro atoms. The van der Waals surface area contributed by atoms with E-state index in [4.69, 9.17) is 0 Å². The van der Waals surface area contributed by atoms with Crippen LogP contribution in [0.1, 0.15) is 37.3 Å². The van der Waals surface area contributed by atoms with Crippen LogP contribution in [0, 0.1) is 5.92 Å². The van der Waals surface area contributed by atoms with E-state index in [9.17, 15) is 0 Å². The van der Waals surface area contributed by atoms with Gasteiger partial charge in [0.1, 0.15) is 6.33 Å². The van der Waals surface area contributed by atoms with Crippen molar-refractivity contribution in [3.63, 3.8) is 0 Å². The first kappa shape index (κ1) is 12.1. The summed E-state index contributed by atoms with van der Waals surface area (Å²) < 4.78 is 0. The van der Waals surface area contributed by atoms with Gasteiger partial charge in [-0.1, -0.05) is 0 Å². The van der Waals surface area contributed by atoms with E-state index in [1.807, 2.05) is 12.4 Å². The lowest BCUT2D eigenvalue weighted by Crippen LogP contribution is -2.43. The first-order valence-electron chi connectivity index (χ1n) is 6.93. The third kappa shape index (κ3) is 2.04. The molecule has 0 aromatic carbocycles. The summed E-state index contributed by atoms with van der Waals surface area (Å²) in [4.78, 5) is 10.9. The van der Waals surface area contributed by atoms with Crippen LogP contribution in [0.5, 0.6) is 0 Å². The molecule has 2 aliphatic rings. The van der Waals surface area contributed by atoms with Gasteiger partial charge in [-0.05, 0) is 45.7 Å². The molecule has 18 heavy (non-hydrogen) atoms. The molecule has 3 heterocycles. The van der Waals surface area contributed by atoms with Crippen LogP contribution in [-0.2, 0) is 0 Å². The highest BCUT2D eigenvalue weighted by Gasteiger charge is 2.41. The van der Waals surface area contributed by atoms with E-state index in [1.165, 1.54) is 31.2 Å². The van der Waals surface area contributed by atoms with Crippen LogP contribution in [0.25, 0.3) is 0 Å². The lowest BCUT2D eigenvalue weighted by molar-refractivity contribution is 0.114. The van der Waals surface area contributed by atoms with Crippen molar-refractivity contribution in [2.24, 2.45) is 5.92 Å². The predicted molar refractivity (Wildman–Crippen MR) is 71.1 cm³/mol. The van der Waals surface area contributed by atoms with E-state index < -0.39 is 0 Å². The SMILES string of the molecule is CNC(c1cncnc1)C1CC2CCC(C1)N2C. The first-order chi connectivity index (χ1) is 8.79. The van der Waals surface area contributed by atoms with Crippen molar-refractivity contribution in [2.75, 3.05) is 14.1 Å². The van der Waals surface area contributed by atoms with Crippen molar-refractivity contribution >= 4 is 0 Å². The fourth-order valence-electron chi connectivity index (χ4n) is 3.87. The summed E-state index contributed by atoms with van der Waals surface area (Å²) in [6.07, 6.45) is 10.9. The van der Waals surface area contributed by atoms with Crippen LogP contribution >= 0.6 is 0 Å². The molecule has 2 bridgehead atoms. The Kier molecular flexibility index (Phi) is 3.31. The van der Waals surface area contributed by atoms with Crippen molar-refractivity contribution in [3.8, 4) is 0 Å². The third-order valence-corrected chi connectivity index (χ3v) is 4.86. The highest BCUT2D eigenvalue weighted by molar-refractivity contribution is 5.12. The van der Waals surface area contributed by atoms with E-state index in [2.05, 4.69) is 34.3 Å². The Bertz CT molecular complexity index is 380. The van der Waals surface area contributed by atoms with Crippen molar-refractivity contribution in [2.45, 2.75) is 43.8 Å². The quantitative estimate of drug-likeness (QED) is 0.879. The summed E-state index contributed by atoms with van der Waals surface area (Å²) in [6.45, 7) is 0. The standard InChI is InChI=1S/C14H22N4/c1-15-14(11-7-16-9-17-8-11)10-5-12-3-4-13(6-10)18(12)2/h7-10,12-15H,3-6H2,1-2H3. The molecule has 0 saturated carbocycles. The Labute approximate surface area is 109 Å². The number of nitrogens with one attached hydrogen (secondary N) is 1. The average molecular weight is 246 g/mol. The highest BCUT2D eigenvalue weighted by Crippen LogP contribution is 2.42. The van der Waals surface area contributed by atoms with Gasteiger partial charge in [0, 0.05) is 36.1 Å². The Morgan fingerprint density at radius 3 is 2.39 bits per heavy atom. The summed E-state index contributed by atoms with van der Waals surface area (Å²) in [5.74, 6) is 0.717. The van der Waals surface area contributed by atoms with Crippen LogP contribution in [0.2, 0.25) is 0 Å². The molecule has 1 N–H and O–H groups in total. The monoisotopic (exact) mass is 246 g/mol.